The molecule has 0 spiro atoms. The molecule has 2 heterocycles. The summed E-state index contributed by atoms with van der Waals surface area (Å²) in [5.74, 6) is 0.965. The second-order valence-corrected chi connectivity index (χ2v) is 4.42. The van der Waals surface area contributed by atoms with Crippen LogP contribution in [0, 0.1) is 18.3 Å². The van der Waals surface area contributed by atoms with E-state index in [2.05, 4.69) is 16.0 Å². The summed E-state index contributed by atoms with van der Waals surface area (Å²) in [4.78, 5) is 6.53. The van der Waals surface area contributed by atoms with Crippen molar-refractivity contribution in [2.24, 2.45) is 7.05 Å². The summed E-state index contributed by atoms with van der Waals surface area (Å²) in [5, 5.41) is 9.33. The lowest BCUT2D eigenvalue weighted by Crippen LogP contribution is -2.34. The maximum absolute atomic E-state index is 9.33. The first-order chi connectivity index (χ1) is 7.74. The highest BCUT2D eigenvalue weighted by molar-refractivity contribution is 5.16. The van der Waals surface area contributed by atoms with Crippen molar-refractivity contribution in [1.82, 2.24) is 14.5 Å². The number of imidazole rings is 1. The van der Waals surface area contributed by atoms with E-state index in [1.807, 2.05) is 24.7 Å². The van der Waals surface area contributed by atoms with E-state index in [0.717, 1.165) is 24.6 Å². The fourth-order valence-corrected chi connectivity index (χ4v) is 2.29. The van der Waals surface area contributed by atoms with Gasteiger partial charge in [-0.15, -0.1) is 0 Å². The lowest BCUT2D eigenvalue weighted by molar-refractivity contribution is 0.191. The van der Waals surface area contributed by atoms with Crippen LogP contribution in [0.2, 0.25) is 0 Å². The second-order valence-electron chi connectivity index (χ2n) is 4.42. The molecule has 0 saturated carbocycles. The van der Waals surface area contributed by atoms with E-state index < -0.39 is 0 Å². The van der Waals surface area contributed by atoms with Gasteiger partial charge in [-0.25, -0.2) is 4.98 Å². The van der Waals surface area contributed by atoms with Crippen molar-refractivity contribution in [2.75, 3.05) is 13.1 Å². The Kier molecular flexibility index (Phi) is 3.25. The van der Waals surface area contributed by atoms with E-state index in [1.165, 1.54) is 19.3 Å². The van der Waals surface area contributed by atoms with E-state index in [0.29, 0.717) is 0 Å². The van der Waals surface area contributed by atoms with Gasteiger partial charge in [-0.1, -0.05) is 6.42 Å². The third-order valence-electron chi connectivity index (χ3n) is 3.41. The predicted octanol–water partition coefficient (Wildman–Crippen LogP) is 1.78. The molecule has 0 N–H and O–H groups in total. The Morgan fingerprint density at radius 1 is 1.38 bits per heavy atom. The van der Waals surface area contributed by atoms with Gasteiger partial charge in [0.25, 0.3) is 0 Å². The Morgan fingerprint density at radius 3 is 2.56 bits per heavy atom. The van der Waals surface area contributed by atoms with E-state index >= 15 is 0 Å². The van der Waals surface area contributed by atoms with Gasteiger partial charge in [0.2, 0.25) is 0 Å². The quantitative estimate of drug-likeness (QED) is 0.760. The van der Waals surface area contributed by atoms with E-state index in [1.54, 1.807) is 0 Å². The highest BCUT2D eigenvalue weighted by Gasteiger charge is 2.24. The Balaban J connectivity index is 2.22. The number of nitriles is 1. The van der Waals surface area contributed by atoms with Crippen molar-refractivity contribution in [3.8, 4) is 6.07 Å². The van der Waals surface area contributed by atoms with Crippen molar-refractivity contribution in [1.29, 1.82) is 5.26 Å². The zero-order chi connectivity index (χ0) is 11.5. The second kappa shape index (κ2) is 4.67. The van der Waals surface area contributed by atoms with Gasteiger partial charge in [0.15, 0.2) is 0 Å². The first-order valence-electron chi connectivity index (χ1n) is 5.86. The Labute approximate surface area is 96.5 Å². The minimum atomic E-state index is -0.133. The van der Waals surface area contributed by atoms with Crippen LogP contribution in [0.15, 0.2) is 6.20 Å². The molecule has 1 fully saturated rings. The van der Waals surface area contributed by atoms with Crippen molar-refractivity contribution >= 4 is 0 Å². The molecule has 1 unspecified atom stereocenters. The fraction of sp³-hybridized carbons (Fsp3) is 0.667. The molecule has 4 nitrogen and oxygen atoms in total. The minimum absolute atomic E-state index is 0.133. The third-order valence-corrected chi connectivity index (χ3v) is 3.41. The molecule has 16 heavy (non-hydrogen) atoms. The van der Waals surface area contributed by atoms with Crippen LogP contribution in [0.1, 0.15) is 36.8 Å². The highest BCUT2D eigenvalue weighted by Crippen LogP contribution is 2.23. The molecular formula is C12H18N4. The van der Waals surface area contributed by atoms with Crippen LogP contribution in [0.3, 0.4) is 0 Å². The monoisotopic (exact) mass is 218 g/mol. The lowest BCUT2D eigenvalue weighted by atomic mass is 10.1. The Morgan fingerprint density at radius 2 is 2.06 bits per heavy atom. The average molecular weight is 218 g/mol. The number of rotatable bonds is 2. The number of hydrogen-bond donors (Lipinski definition) is 0. The molecule has 1 atom stereocenters. The number of likely N-dealkylation sites (tertiary alicyclic amines) is 1. The average Bonchev–Trinajstić information content (AvgIpc) is 2.64. The third kappa shape index (κ3) is 1.96. The molecular weight excluding hydrogens is 200 g/mol. The topological polar surface area (TPSA) is 44.9 Å². The summed E-state index contributed by atoms with van der Waals surface area (Å²) in [6, 6.07) is 2.27. The summed E-state index contributed by atoms with van der Waals surface area (Å²) in [5.41, 5.74) is 1.02. The number of piperidine rings is 1. The van der Waals surface area contributed by atoms with Gasteiger partial charge in [0.05, 0.1) is 18.0 Å². The molecule has 4 heteroatoms. The molecule has 1 saturated heterocycles. The fourth-order valence-electron chi connectivity index (χ4n) is 2.29. The summed E-state index contributed by atoms with van der Waals surface area (Å²) in [7, 11) is 1.98. The van der Waals surface area contributed by atoms with Crippen molar-refractivity contribution in [3.63, 3.8) is 0 Å². The molecule has 0 amide bonds. The molecule has 1 aromatic rings. The zero-order valence-electron chi connectivity index (χ0n) is 9.98. The molecule has 2 rings (SSSR count). The van der Waals surface area contributed by atoms with Crippen LogP contribution < -0.4 is 0 Å². The maximum atomic E-state index is 9.33. The summed E-state index contributed by atoms with van der Waals surface area (Å²) >= 11 is 0. The van der Waals surface area contributed by atoms with Crippen LogP contribution >= 0.6 is 0 Å². The summed E-state index contributed by atoms with van der Waals surface area (Å²) in [6.07, 6.45) is 5.53. The van der Waals surface area contributed by atoms with Crippen LogP contribution in [-0.4, -0.2) is 27.5 Å². The number of aromatic nitrogens is 2. The first-order valence-corrected chi connectivity index (χ1v) is 5.86. The van der Waals surface area contributed by atoms with Gasteiger partial charge in [-0.2, -0.15) is 5.26 Å². The first kappa shape index (κ1) is 11.2. The largest absolute Gasteiger partial charge is 0.333 e. The summed E-state index contributed by atoms with van der Waals surface area (Å²) in [6.45, 7) is 4.03. The minimum Gasteiger partial charge on any atom is -0.333 e. The molecule has 0 radical (unpaired) electrons. The normalized spacial score (nSPS) is 19.3. The van der Waals surface area contributed by atoms with Crippen LogP contribution in [0.4, 0.5) is 0 Å². The Hall–Kier alpha value is -1.34. The number of nitrogens with zero attached hydrogens (tertiary/aromatic N) is 4. The van der Waals surface area contributed by atoms with Crippen molar-refractivity contribution in [3.05, 3.63) is 17.7 Å². The van der Waals surface area contributed by atoms with Crippen molar-refractivity contribution in [2.45, 2.75) is 32.2 Å². The molecule has 0 aromatic carbocycles. The standard InChI is InChI=1S/C12H18N4/c1-10-14-9-12(15(10)2)11(8-13)16-6-4-3-5-7-16/h9,11H,3-7H2,1-2H3. The SMILES string of the molecule is Cc1ncc(C(C#N)N2CCCCC2)n1C. The predicted molar refractivity (Wildman–Crippen MR) is 61.7 cm³/mol. The highest BCUT2D eigenvalue weighted by atomic mass is 15.2. The number of hydrogen-bond acceptors (Lipinski definition) is 3. The molecule has 0 bridgehead atoms. The van der Waals surface area contributed by atoms with E-state index in [9.17, 15) is 5.26 Å². The van der Waals surface area contributed by atoms with Gasteiger partial charge in [-0.05, 0) is 32.9 Å². The van der Waals surface area contributed by atoms with Crippen LogP contribution in [0.25, 0.3) is 0 Å². The van der Waals surface area contributed by atoms with Gasteiger partial charge < -0.3 is 4.57 Å². The van der Waals surface area contributed by atoms with Gasteiger partial charge in [0.1, 0.15) is 11.9 Å². The number of aryl methyl sites for hydroxylation is 1. The summed E-state index contributed by atoms with van der Waals surface area (Å²) < 4.78 is 2.02. The lowest BCUT2D eigenvalue weighted by Gasteiger charge is -2.30. The van der Waals surface area contributed by atoms with Gasteiger partial charge in [0, 0.05) is 7.05 Å². The molecule has 1 aliphatic heterocycles. The Bertz CT molecular complexity index is 396. The maximum Gasteiger partial charge on any atom is 0.140 e. The van der Waals surface area contributed by atoms with E-state index in [-0.39, 0.29) is 6.04 Å². The molecule has 1 aliphatic rings. The van der Waals surface area contributed by atoms with Gasteiger partial charge in [-0.3, -0.25) is 4.90 Å². The molecule has 86 valence electrons. The molecule has 0 aliphatic carbocycles. The zero-order valence-corrected chi connectivity index (χ0v) is 9.98. The van der Waals surface area contributed by atoms with Crippen molar-refractivity contribution < 1.29 is 0 Å². The van der Waals surface area contributed by atoms with Crippen LogP contribution in [-0.2, 0) is 7.05 Å². The van der Waals surface area contributed by atoms with Gasteiger partial charge >= 0.3 is 0 Å². The van der Waals surface area contributed by atoms with E-state index in [4.69, 9.17) is 0 Å². The molecule has 1 aromatic heterocycles. The smallest absolute Gasteiger partial charge is 0.140 e. The van der Waals surface area contributed by atoms with Crippen LogP contribution in [0.5, 0.6) is 0 Å².